The van der Waals surface area contributed by atoms with Crippen LogP contribution in [0.5, 0.6) is 5.75 Å². The van der Waals surface area contributed by atoms with Crippen LogP contribution in [0.2, 0.25) is 5.02 Å². The minimum Gasteiger partial charge on any atom is -0.504 e. The molecule has 1 aromatic carbocycles. The number of phenols is 1. The highest BCUT2D eigenvalue weighted by Crippen LogP contribution is 2.35. The summed E-state index contributed by atoms with van der Waals surface area (Å²) in [6, 6.07) is 0.801. The Labute approximate surface area is 116 Å². The lowest BCUT2D eigenvalue weighted by Crippen LogP contribution is -2.25. The summed E-state index contributed by atoms with van der Waals surface area (Å²) in [7, 11) is 0. The molecule has 2 aromatic rings. The molecule has 0 saturated heterocycles. The van der Waals surface area contributed by atoms with Gasteiger partial charge >= 0.3 is 5.69 Å². The number of nitrogens with two attached hydrogens (primary N) is 1. The molecule has 0 aliphatic carbocycles. The number of rotatable bonds is 4. The Kier molecular flexibility index (Phi) is 3.89. The highest BCUT2D eigenvalue weighted by molar-refractivity contribution is 6.32. The first-order chi connectivity index (χ1) is 9.47. The number of halogens is 3. The third kappa shape index (κ3) is 2.31. The first-order valence-electron chi connectivity index (χ1n) is 5.53. The zero-order chi connectivity index (χ0) is 14.9. The van der Waals surface area contributed by atoms with Crippen LogP contribution in [-0.2, 0) is 6.54 Å². The van der Waals surface area contributed by atoms with Crippen LogP contribution in [0.25, 0.3) is 5.69 Å². The van der Waals surface area contributed by atoms with Crippen LogP contribution in [0.3, 0.4) is 0 Å². The van der Waals surface area contributed by atoms with E-state index in [1.807, 2.05) is 0 Å². The molecule has 0 amide bonds. The van der Waals surface area contributed by atoms with Crippen molar-refractivity contribution in [3.63, 3.8) is 0 Å². The largest absolute Gasteiger partial charge is 0.504 e. The number of hydrogen-bond donors (Lipinski definition) is 2. The SMILES string of the molecule is Nc1c(O)c(Cl)cc(F)c1-n1nnn(CCCF)c1=O. The summed E-state index contributed by atoms with van der Waals surface area (Å²) in [4.78, 5) is 11.9. The Balaban J connectivity index is 2.56. The predicted octanol–water partition coefficient (Wildman–Crippen LogP) is 0.869. The minimum absolute atomic E-state index is 0.00354. The molecule has 0 aliphatic rings. The molecule has 3 N–H and O–H groups in total. The van der Waals surface area contributed by atoms with Crippen molar-refractivity contribution in [1.82, 2.24) is 19.8 Å². The lowest BCUT2D eigenvalue weighted by Gasteiger charge is -2.08. The summed E-state index contributed by atoms with van der Waals surface area (Å²) in [6.07, 6.45) is 0.0719. The minimum atomic E-state index is -0.940. The van der Waals surface area contributed by atoms with Gasteiger partial charge in [-0.3, -0.25) is 4.39 Å². The van der Waals surface area contributed by atoms with E-state index in [4.69, 9.17) is 17.3 Å². The Morgan fingerprint density at radius 3 is 2.80 bits per heavy atom. The number of alkyl halides is 1. The van der Waals surface area contributed by atoms with E-state index in [-0.39, 0.29) is 18.0 Å². The van der Waals surface area contributed by atoms with Crippen molar-refractivity contribution in [1.29, 1.82) is 0 Å². The second-order valence-electron chi connectivity index (χ2n) is 3.89. The van der Waals surface area contributed by atoms with Gasteiger partial charge in [-0.05, 0) is 22.9 Å². The summed E-state index contributed by atoms with van der Waals surface area (Å²) in [5.74, 6) is -1.50. The van der Waals surface area contributed by atoms with E-state index in [0.29, 0.717) is 4.68 Å². The summed E-state index contributed by atoms with van der Waals surface area (Å²) in [6.45, 7) is -0.631. The summed E-state index contributed by atoms with van der Waals surface area (Å²) in [5, 5.41) is 16.2. The smallest absolute Gasteiger partial charge is 0.368 e. The highest BCUT2D eigenvalue weighted by atomic mass is 35.5. The van der Waals surface area contributed by atoms with E-state index in [0.717, 1.165) is 10.7 Å². The highest BCUT2D eigenvalue weighted by Gasteiger charge is 2.20. The van der Waals surface area contributed by atoms with E-state index >= 15 is 0 Å². The van der Waals surface area contributed by atoms with Gasteiger partial charge in [-0.15, -0.1) is 0 Å². The predicted molar refractivity (Wildman–Crippen MR) is 67.3 cm³/mol. The molecule has 0 spiro atoms. The fourth-order valence-electron chi connectivity index (χ4n) is 1.60. The molecular formula is C10H10ClF2N5O2. The quantitative estimate of drug-likeness (QED) is 0.645. The molecule has 0 saturated carbocycles. The van der Waals surface area contributed by atoms with Crippen molar-refractivity contribution in [2.45, 2.75) is 13.0 Å². The van der Waals surface area contributed by atoms with E-state index in [1.165, 1.54) is 0 Å². The Hall–Kier alpha value is -2.16. The number of hydrogen-bond acceptors (Lipinski definition) is 5. The molecule has 10 heteroatoms. The van der Waals surface area contributed by atoms with Crippen molar-refractivity contribution >= 4 is 17.3 Å². The number of tetrazole rings is 1. The van der Waals surface area contributed by atoms with Crippen LogP contribution < -0.4 is 11.4 Å². The third-order valence-electron chi connectivity index (χ3n) is 2.57. The van der Waals surface area contributed by atoms with Gasteiger partial charge in [0.05, 0.1) is 18.2 Å². The maximum absolute atomic E-state index is 13.8. The van der Waals surface area contributed by atoms with Crippen molar-refractivity contribution in [3.05, 3.63) is 27.4 Å². The van der Waals surface area contributed by atoms with Gasteiger partial charge in [0.25, 0.3) is 0 Å². The van der Waals surface area contributed by atoms with Gasteiger partial charge in [-0.25, -0.2) is 9.18 Å². The number of anilines is 1. The van der Waals surface area contributed by atoms with Gasteiger partial charge in [0.1, 0.15) is 11.4 Å². The second kappa shape index (κ2) is 5.45. The third-order valence-corrected chi connectivity index (χ3v) is 2.86. The normalized spacial score (nSPS) is 10.9. The van der Waals surface area contributed by atoms with E-state index < -0.39 is 35.3 Å². The van der Waals surface area contributed by atoms with Crippen LogP contribution in [-0.4, -0.2) is 31.6 Å². The fraction of sp³-hybridized carbons (Fsp3) is 0.300. The maximum atomic E-state index is 13.8. The van der Waals surface area contributed by atoms with Gasteiger partial charge < -0.3 is 10.8 Å². The first-order valence-corrected chi connectivity index (χ1v) is 5.90. The fourth-order valence-corrected chi connectivity index (χ4v) is 1.79. The molecular weight excluding hydrogens is 296 g/mol. The van der Waals surface area contributed by atoms with E-state index in [9.17, 15) is 18.7 Å². The second-order valence-corrected chi connectivity index (χ2v) is 4.30. The van der Waals surface area contributed by atoms with E-state index in [2.05, 4.69) is 10.4 Å². The van der Waals surface area contributed by atoms with Gasteiger partial charge in [0.2, 0.25) is 0 Å². The standard InChI is InChI=1S/C10H10ClF2N5O2/c11-5-4-6(13)8(7(14)9(5)19)18-10(20)17(15-16-18)3-1-2-12/h4,19H,1-3,14H2. The van der Waals surface area contributed by atoms with Crippen LogP contribution in [0.1, 0.15) is 6.42 Å². The summed E-state index contributed by atoms with van der Waals surface area (Å²) in [5.41, 5.74) is 3.83. The molecule has 7 nitrogen and oxygen atoms in total. The zero-order valence-electron chi connectivity index (χ0n) is 10.1. The van der Waals surface area contributed by atoms with Gasteiger partial charge in [-0.1, -0.05) is 11.6 Å². The Morgan fingerprint density at radius 1 is 1.45 bits per heavy atom. The zero-order valence-corrected chi connectivity index (χ0v) is 10.8. The van der Waals surface area contributed by atoms with Crippen molar-refractivity contribution in [2.75, 3.05) is 12.4 Å². The maximum Gasteiger partial charge on any atom is 0.368 e. The molecule has 0 bridgehead atoms. The number of benzene rings is 1. The summed E-state index contributed by atoms with van der Waals surface area (Å²) >= 11 is 5.55. The van der Waals surface area contributed by atoms with Crippen molar-refractivity contribution in [2.24, 2.45) is 0 Å². The van der Waals surface area contributed by atoms with Crippen LogP contribution in [0.4, 0.5) is 14.5 Å². The van der Waals surface area contributed by atoms with Gasteiger partial charge in [-0.2, -0.15) is 9.36 Å². The lowest BCUT2D eigenvalue weighted by molar-refractivity contribution is 0.427. The number of nitrogens with zero attached hydrogens (tertiary/aromatic N) is 4. The van der Waals surface area contributed by atoms with Crippen LogP contribution in [0, 0.1) is 5.82 Å². The Bertz CT molecular complexity index is 700. The number of aromatic hydroxyl groups is 1. The number of aryl methyl sites for hydroxylation is 1. The van der Waals surface area contributed by atoms with E-state index in [1.54, 1.807) is 0 Å². The topological polar surface area (TPSA) is 99.0 Å². The molecule has 1 heterocycles. The molecule has 0 aliphatic heterocycles. The Morgan fingerprint density at radius 2 is 2.15 bits per heavy atom. The molecule has 1 aromatic heterocycles. The van der Waals surface area contributed by atoms with Gasteiger partial charge in [0.15, 0.2) is 11.6 Å². The van der Waals surface area contributed by atoms with Crippen molar-refractivity contribution < 1.29 is 13.9 Å². The van der Waals surface area contributed by atoms with Crippen LogP contribution in [0.15, 0.2) is 10.9 Å². The van der Waals surface area contributed by atoms with Crippen molar-refractivity contribution in [3.8, 4) is 11.4 Å². The molecule has 20 heavy (non-hydrogen) atoms. The molecule has 0 radical (unpaired) electrons. The summed E-state index contributed by atoms with van der Waals surface area (Å²) < 4.78 is 27.4. The molecule has 2 rings (SSSR count). The molecule has 0 atom stereocenters. The average molecular weight is 306 g/mol. The number of nitrogen functional groups attached to an aromatic ring is 1. The first kappa shape index (κ1) is 14.3. The lowest BCUT2D eigenvalue weighted by atomic mass is 10.2. The average Bonchev–Trinajstić information content (AvgIpc) is 2.76. The van der Waals surface area contributed by atoms with Gasteiger partial charge in [0, 0.05) is 0 Å². The molecule has 0 fully saturated rings. The van der Waals surface area contributed by atoms with Crippen LogP contribution >= 0.6 is 11.6 Å². The monoisotopic (exact) mass is 305 g/mol. The molecule has 108 valence electrons. The number of aromatic nitrogens is 4. The number of phenolic OH excluding ortho intramolecular Hbond substituents is 1. The molecule has 0 unspecified atom stereocenters.